The molecular weight excluding hydrogens is 404 g/mol. The van der Waals surface area contributed by atoms with E-state index in [1.165, 1.54) is 37.3 Å². The van der Waals surface area contributed by atoms with E-state index in [9.17, 15) is 24.6 Å². The van der Waals surface area contributed by atoms with Crippen molar-refractivity contribution >= 4 is 30.1 Å². The maximum absolute atomic E-state index is 11.9. The molecule has 0 aromatic heterocycles. The van der Waals surface area contributed by atoms with Crippen LogP contribution in [0, 0.1) is 0 Å². The second kappa shape index (κ2) is 11.8. The second-order valence-corrected chi connectivity index (χ2v) is 6.32. The molecule has 0 radical (unpaired) electrons. The zero-order valence-electron chi connectivity index (χ0n) is 16.8. The Kier molecular flexibility index (Phi) is 8.85. The first-order valence-electron chi connectivity index (χ1n) is 9.27. The summed E-state index contributed by atoms with van der Waals surface area (Å²) in [6, 6.07) is 13.2. The topological polar surface area (TPSA) is 119 Å². The van der Waals surface area contributed by atoms with Gasteiger partial charge in [-0.3, -0.25) is 4.79 Å². The van der Waals surface area contributed by atoms with Gasteiger partial charge in [-0.05, 0) is 35.4 Å². The molecule has 0 spiro atoms. The summed E-state index contributed by atoms with van der Waals surface area (Å²) in [5.41, 5.74) is 1.28. The number of benzene rings is 2. The molecular formula is C23H22O8. The quantitative estimate of drug-likeness (QED) is 0.272. The van der Waals surface area contributed by atoms with Crippen LogP contribution in [0.2, 0.25) is 0 Å². The highest BCUT2D eigenvalue weighted by Gasteiger charge is 2.16. The minimum Gasteiger partial charge on any atom is -0.504 e. The standard InChI is InChI=1S/C23H22O8/c1-16(24)31-19(14-29-22(27)11-8-17-5-3-2-4-6-17)15-30-23(28)12-9-18-7-10-20(25)21(26)13-18/h2-13,19,25-26H,14-15H2,1H3/b11-8+,12-9+. The van der Waals surface area contributed by atoms with Crippen LogP contribution in [0.3, 0.4) is 0 Å². The predicted molar refractivity (Wildman–Crippen MR) is 112 cm³/mol. The third-order valence-corrected chi connectivity index (χ3v) is 3.78. The van der Waals surface area contributed by atoms with Crippen LogP contribution in [0.5, 0.6) is 11.5 Å². The number of hydrogen-bond donors (Lipinski definition) is 2. The first-order valence-corrected chi connectivity index (χ1v) is 9.27. The lowest BCUT2D eigenvalue weighted by Gasteiger charge is -2.16. The van der Waals surface area contributed by atoms with Crippen LogP contribution in [-0.2, 0) is 28.6 Å². The van der Waals surface area contributed by atoms with Crippen LogP contribution in [0.4, 0.5) is 0 Å². The monoisotopic (exact) mass is 426 g/mol. The van der Waals surface area contributed by atoms with Gasteiger partial charge in [0.05, 0.1) is 0 Å². The Bertz CT molecular complexity index is 963. The fraction of sp³-hybridized carbons (Fsp3) is 0.174. The fourth-order valence-corrected chi connectivity index (χ4v) is 2.33. The summed E-state index contributed by atoms with van der Waals surface area (Å²) < 4.78 is 15.1. The molecule has 31 heavy (non-hydrogen) atoms. The van der Waals surface area contributed by atoms with Crippen molar-refractivity contribution in [1.29, 1.82) is 0 Å². The molecule has 2 aromatic carbocycles. The molecule has 0 fully saturated rings. The third kappa shape index (κ3) is 8.86. The molecule has 8 heteroatoms. The summed E-state index contributed by atoms with van der Waals surface area (Å²) in [4.78, 5) is 35.0. The number of phenols is 2. The molecule has 0 bridgehead atoms. The second-order valence-electron chi connectivity index (χ2n) is 6.32. The molecule has 2 aromatic rings. The number of carbonyl (C=O) groups excluding carboxylic acids is 3. The summed E-state index contributed by atoms with van der Waals surface area (Å²) in [6.45, 7) is 0.572. The molecule has 0 amide bonds. The molecule has 2 rings (SSSR count). The van der Waals surface area contributed by atoms with Crippen molar-refractivity contribution in [1.82, 2.24) is 0 Å². The lowest BCUT2D eigenvalue weighted by Crippen LogP contribution is -2.29. The van der Waals surface area contributed by atoms with Gasteiger partial charge in [0, 0.05) is 19.1 Å². The predicted octanol–water partition coefficient (Wildman–Crippen LogP) is 2.84. The highest BCUT2D eigenvalue weighted by Crippen LogP contribution is 2.25. The van der Waals surface area contributed by atoms with E-state index in [1.54, 1.807) is 6.08 Å². The molecule has 1 unspecified atom stereocenters. The summed E-state index contributed by atoms with van der Waals surface area (Å²) in [7, 11) is 0. The van der Waals surface area contributed by atoms with Crippen LogP contribution in [0.15, 0.2) is 60.7 Å². The number of hydrogen-bond acceptors (Lipinski definition) is 8. The van der Waals surface area contributed by atoms with E-state index >= 15 is 0 Å². The first kappa shape index (κ1) is 23.2. The molecule has 0 heterocycles. The van der Waals surface area contributed by atoms with Gasteiger partial charge in [0.2, 0.25) is 0 Å². The van der Waals surface area contributed by atoms with Crippen molar-refractivity contribution in [2.75, 3.05) is 13.2 Å². The lowest BCUT2D eigenvalue weighted by atomic mass is 10.2. The van der Waals surface area contributed by atoms with Crippen LogP contribution in [-0.4, -0.2) is 47.4 Å². The lowest BCUT2D eigenvalue weighted by molar-refractivity contribution is -0.162. The van der Waals surface area contributed by atoms with Crippen LogP contribution < -0.4 is 0 Å². The molecule has 2 N–H and O–H groups in total. The van der Waals surface area contributed by atoms with Gasteiger partial charge >= 0.3 is 17.9 Å². The minimum atomic E-state index is -0.971. The number of ether oxygens (including phenoxy) is 3. The highest BCUT2D eigenvalue weighted by molar-refractivity contribution is 5.87. The van der Waals surface area contributed by atoms with E-state index in [4.69, 9.17) is 14.2 Å². The molecule has 0 aliphatic heterocycles. The maximum atomic E-state index is 11.9. The number of aromatic hydroxyl groups is 2. The van der Waals surface area contributed by atoms with E-state index in [0.717, 1.165) is 11.6 Å². The molecule has 0 aliphatic rings. The van der Waals surface area contributed by atoms with E-state index in [-0.39, 0.29) is 24.7 Å². The Morgan fingerprint density at radius 3 is 1.97 bits per heavy atom. The molecule has 0 saturated carbocycles. The number of esters is 3. The van der Waals surface area contributed by atoms with Crippen LogP contribution in [0.25, 0.3) is 12.2 Å². The SMILES string of the molecule is CC(=O)OC(COC(=O)/C=C/c1ccccc1)COC(=O)/C=C/c1ccc(O)c(O)c1. The maximum Gasteiger partial charge on any atom is 0.330 e. The van der Waals surface area contributed by atoms with Gasteiger partial charge in [-0.1, -0.05) is 36.4 Å². The highest BCUT2D eigenvalue weighted by atomic mass is 16.6. The summed E-state index contributed by atoms with van der Waals surface area (Å²) >= 11 is 0. The van der Waals surface area contributed by atoms with E-state index in [1.807, 2.05) is 30.3 Å². The Morgan fingerprint density at radius 1 is 0.839 bits per heavy atom. The number of rotatable bonds is 9. The third-order valence-electron chi connectivity index (χ3n) is 3.78. The van der Waals surface area contributed by atoms with Crippen LogP contribution in [0.1, 0.15) is 18.1 Å². The van der Waals surface area contributed by atoms with E-state index < -0.39 is 24.0 Å². The smallest absolute Gasteiger partial charge is 0.330 e. The average Bonchev–Trinajstić information content (AvgIpc) is 2.75. The fourth-order valence-electron chi connectivity index (χ4n) is 2.33. The summed E-state index contributed by atoms with van der Waals surface area (Å²) in [5, 5.41) is 18.7. The summed E-state index contributed by atoms with van der Waals surface area (Å²) in [5.74, 6) is -2.60. The van der Waals surface area contributed by atoms with Gasteiger partial charge in [0.15, 0.2) is 17.6 Å². The first-order chi connectivity index (χ1) is 14.8. The Balaban J connectivity index is 1.84. The van der Waals surface area contributed by atoms with Gasteiger partial charge in [-0.15, -0.1) is 0 Å². The van der Waals surface area contributed by atoms with Gasteiger partial charge in [-0.25, -0.2) is 9.59 Å². The van der Waals surface area contributed by atoms with Gasteiger partial charge < -0.3 is 24.4 Å². The number of phenolic OH excluding ortho intramolecular Hbond substituents is 2. The van der Waals surface area contributed by atoms with E-state index in [2.05, 4.69) is 0 Å². The molecule has 8 nitrogen and oxygen atoms in total. The molecule has 0 saturated heterocycles. The Morgan fingerprint density at radius 2 is 1.42 bits per heavy atom. The van der Waals surface area contributed by atoms with E-state index in [0.29, 0.717) is 5.56 Å². The average molecular weight is 426 g/mol. The normalized spacial score (nSPS) is 11.9. The molecule has 162 valence electrons. The Hall–Kier alpha value is -4.07. The molecule has 1 atom stereocenters. The molecule has 0 aliphatic carbocycles. The van der Waals surface area contributed by atoms with Gasteiger partial charge in [-0.2, -0.15) is 0 Å². The summed E-state index contributed by atoms with van der Waals surface area (Å²) in [6.07, 6.45) is 4.32. The number of carbonyl (C=O) groups is 3. The van der Waals surface area contributed by atoms with Gasteiger partial charge in [0.1, 0.15) is 13.2 Å². The van der Waals surface area contributed by atoms with Crippen molar-refractivity contribution in [2.24, 2.45) is 0 Å². The Labute approximate surface area is 179 Å². The van der Waals surface area contributed by atoms with Crippen molar-refractivity contribution < 1.29 is 38.8 Å². The van der Waals surface area contributed by atoms with Crippen LogP contribution >= 0.6 is 0 Å². The van der Waals surface area contributed by atoms with Gasteiger partial charge in [0.25, 0.3) is 0 Å². The van der Waals surface area contributed by atoms with Crippen molar-refractivity contribution in [2.45, 2.75) is 13.0 Å². The zero-order valence-corrected chi connectivity index (χ0v) is 16.8. The van der Waals surface area contributed by atoms with Crippen molar-refractivity contribution in [3.05, 3.63) is 71.8 Å². The van der Waals surface area contributed by atoms with Crippen molar-refractivity contribution in [3.63, 3.8) is 0 Å². The largest absolute Gasteiger partial charge is 0.504 e. The van der Waals surface area contributed by atoms with Crippen molar-refractivity contribution in [3.8, 4) is 11.5 Å². The zero-order chi connectivity index (χ0) is 22.6. The minimum absolute atomic E-state index is 0.280.